The maximum atomic E-state index is 12.6. The Morgan fingerprint density at radius 2 is 1.82 bits per heavy atom. The largest absolute Gasteiger partial charge is 0.476 e. The monoisotopic (exact) mass is 421 g/mol. The summed E-state index contributed by atoms with van der Waals surface area (Å²) >= 11 is 12.5. The van der Waals surface area contributed by atoms with Gasteiger partial charge in [0.1, 0.15) is 0 Å². The molecule has 0 aliphatic carbocycles. The van der Waals surface area contributed by atoms with Crippen molar-refractivity contribution in [3.63, 3.8) is 0 Å². The van der Waals surface area contributed by atoms with Gasteiger partial charge in [0.15, 0.2) is 5.69 Å². The van der Waals surface area contributed by atoms with Crippen molar-refractivity contribution in [3.8, 4) is 0 Å². The van der Waals surface area contributed by atoms with Gasteiger partial charge in [0.25, 0.3) is 5.91 Å². The van der Waals surface area contributed by atoms with Crippen LogP contribution in [-0.4, -0.2) is 36.5 Å². The number of carboxylic acid groups (broad SMARTS) is 1. The summed E-state index contributed by atoms with van der Waals surface area (Å²) in [6.45, 7) is 3.87. The van der Waals surface area contributed by atoms with E-state index in [0.717, 1.165) is 5.56 Å². The maximum absolute atomic E-state index is 12.6. The topological polar surface area (TPSA) is 102 Å². The predicted molar refractivity (Wildman–Crippen MR) is 105 cm³/mol. The Labute approximate surface area is 170 Å². The summed E-state index contributed by atoms with van der Waals surface area (Å²) in [4.78, 5) is 23.9. The van der Waals surface area contributed by atoms with Crippen molar-refractivity contribution in [3.05, 3.63) is 62.6 Å². The molecule has 0 fully saturated rings. The maximum Gasteiger partial charge on any atom is 0.357 e. The third-order valence-electron chi connectivity index (χ3n) is 4.27. The lowest BCUT2D eigenvalue weighted by Gasteiger charge is -2.09. The second-order valence-corrected chi connectivity index (χ2v) is 7.04. The van der Waals surface area contributed by atoms with Gasteiger partial charge in [0.2, 0.25) is 0 Å². The summed E-state index contributed by atoms with van der Waals surface area (Å²) in [5.74, 6) is -1.85. The van der Waals surface area contributed by atoms with Crippen LogP contribution < -0.4 is 5.32 Å². The minimum Gasteiger partial charge on any atom is -0.476 e. The Bertz CT molecular complexity index is 1070. The number of aromatic nitrogens is 4. The lowest BCUT2D eigenvalue weighted by Crippen LogP contribution is -2.16. The number of carbonyl (C=O) groups excluding carboxylic acids is 1. The van der Waals surface area contributed by atoms with E-state index in [9.17, 15) is 14.7 Å². The summed E-state index contributed by atoms with van der Waals surface area (Å²) < 4.78 is 2.96. The number of amides is 1. The van der Waals surface area contributed by atoms with Crippen LogP contribution in [0.4, 0.5) is 5.69 Å². The molecule has 10 heteroatoms. The molecule has 2 heterocycles. The summed E-state index contributed by atoms with van der Waals surface area (Å²) in [5, 5.41) is 21.2. The lowest BCUT2D eigenvalue weighted by molar-refractivity contribution is 0.0685. The van der Waals surface area contributed by atoms with Crippen molar-refractivity contribution in [2.75, 3.05) is 5.32 Å². The van der Waals surface area contributed by atoms with Crippen LogP contribution in [0.3, 0.4) is 0 Å². The first-order chi connectivity index (χ1) is 13.2. The van der Waals surface area contributed by atoms with Gasteiger partial charge in [0, 0.05) is 28.9 Å². The standard InChI is InChI=1S/C18H17Cl2N5O3/c1-9-15(21-17(26)12-7-24(3)23-16(12)18(27)28)10(2)25(22-9)8-11-13(19)5-4-6-14(11)20/h4-7H,8H2,1-3H3,(H,21,26)(H,27,28). The second-order valence-electron chi connectivity index (χ2n) is 6.23. The SMILES string of the molecule is Cc1nn(Cc2c(Cl)cccc2Cl)c(C)c1NC(=O)c1cn(C)nc1C(=O)O. The number of anilines is 1. The normalized spacial score (nSPS) is 10.9. The Morgan fingerprint density at radius 3 is 2.43 bits per heavy atom. The number of hydrogen-bond donors (Lipinski definition) is 2. The minimum absolute atomic E-state index is 0.0318. The zero-order valence-electron chi connectivity index (χ0n) is 15.3. The van der Waals surface area contributed by atoms with Crippen LogP contribution in [0.25, 0.3) is 0 Å². The molecule has 28 heavy (non-hydrogen) atoms. The van der Waals surface area contributed by atoms with Crippen molar-refractivity contribution in [1.29, 1.82) is 0 Å². The smallest absolute Gasteiger partial charge is 0.357 e. The third kappa shape index (κ3) is 3.74. The molecule has 1 aromatic carbocycles. The highest BCUT2D eigenvalue weighted by Gasteiger charge is 2.23. The number of nitrogens with one attached hydrogen (secondary N) is 1. The van der Waals surface area contributed by atoms with E-state index >= 15 is 0 Å². The second kappa shape index (κ2) is 7.65. The molecule has 1 amide bonds. The highest BCUT2D eigenvalue weighted by Crippen LogP contribution is 2.27. The number of rotatable bonds is 5. The van der Waals surface area contributed by atoms with Gasteiger partial charge in [-0.3, -0.25) is 14.2 Å². The molecule has 0 aliphatic heterocycles. The molecule has 8 nitrogen and oxygen atoms in total. The van der Waals surface area contributed by atoms with Crippen LogP contribution in [0, 0.1) is 13.8 Å². The molecule has 3 aromatic rings. The van der Waals surface area contributed by atoms with Crippen molar-refractivity contribution in [2.24, 2.45) is 7.05 Å². The number of hydrogen-bond acceptors (Lipinski definition) is 4. The van der Waals surface area contributed by atoms with E-state index in [4.69, 9.17) is 23.2 Å². The molecular formula is C18H17Cl2N5O3. The van der Waals surface area contributed by atoms with E-state index in [1.165, 1.54) is 10.9 Å². The van der Waals surface area contributed by atoms with Gasteiger partial charge in [-0.15, -0.1) is 0 Å². The van der Waals surface area contributed by atoms with Gasteiger partial charge < -0.3 is 10.4 Å². The first-order valence-corrected chi connectivity index (χ1v) is 8.99. The molecule has 3 rings (SSSR count). The van der Waals surface area contributed by atoms with Gasteiger partial charge in [0.05, 0.1) is 29.2 Å². The molecule has 0 atom stereocenters. The molecule has 0 spiro atoms. The van der Waals surface area contributed by atoms with Crippen molar-refractivity contribution in [1.82, 2.24) is 19.6 Å². The average Bonchev–Trinajstić information content (AvgIpc) is 3.13. The van der Waals surface area contributed by atoms with Gasteiger partial charge in [-0.05, 0) is 26.0 Å². The van der Waals surface area contributed by atoms with Gasteiger partial charge in [-0.2, -0.15) is 10.2 Å². The Kier molecular flexibility index (Phi) is 5.44. The number of halogens is 2. The molecule has 0 aliphatic rings. The number of carboxylic acids is 1. The van der Waals surface area contributed by atoms with Gasteiger partial charge in [-0.1, -0.05) is 29.3 Å². The molecule has 0 unspecified atom stereocenters. The number of aryl methyl sites for hydroxylation is 2. The van der Waals surface area contributed by atoms with Crippen LogP contribution in [0.1, 0.15) is 37.8 Å². The zero-order chi connectivity index (χ0) is 20.6. The molecule has 0 radical (unpaired) electrons. The fraction of sp³-hybridized carbons (Fsp3) is 0.222. The van der Waals surface area contributed by atoms with E-state index in [1.54, 1.807) is 43.8 Å². The fourth-order valence-corrected chi connectivity index (χ4v) is 3.38. The van der Waals surface area contributed by atoms with Crippen LogP contribution in [0.5, 0.6) is 0 Å². The van der Waals surface area contributed by atoms with Crippen LogP contribution in [0.15, 0.2) is 24.4 Å². The van der Waals surface area contributed by atoms with Crippen molar-refractivity contribution >= 4 is 40.8 Å². The third-order valence-corrected chi connectivity index (χ3v) is 4.97. The van der Waals surface area contributed by atoms with Crippen molar-refractivity contribution in [2.45, 2.75) is 20.4 Å². The molecule has 0 bridgehead atoms. The fourth-order valence-electron chi connectivity index (χ4n) is 2.86. The lowest BCUT2D eigenvalue weighted by atomic mass is 10.2. The molecule has 2 N–H and O–H groups in total. The van der Waals surface area contributed by atoms with E-state index < -0.39 is 11.9 Å². The molecule has 0 saturated heterocycles. The minimum atomic E-state index is -1.27. The van der Waals surface area contributed by atoms with Crippen LogP contribution in [0.2, 0.25) is 10.0 Å². The summed E-state index contributed by atoms with van der Waals surface area (Å²) in [5.41, 5.74) is 2.13. The first-order valence-electron chi connectivity index (χ1n) is 8.24. The van der Waals surface area contributed by atoms with Crippen LogP contribution in [-0.2, 0) is 13.6 Å². The quantitative estimate of drug-likeness (QED) is 0.655. The molecule has 0 saturated carbocycles. The van der Waals surface area contributed by atoms with E-state index in [-0.39, 0.29) is 11.3 Å². The van der Waals surface area contributed by atoms with E-state index in [1.807, 2.05) is 0 Å². The number of carbonyl (C=O) groups is 2. The Balaban J connectivity index is 1.91. The molecule has 146 valence electrons. The molecule has 2 aromatic heterocycles. The van der Waals surface area contributed by atoms with Crippen molar-refractivity contribution < 1.29 is 14.7 Å². The Hall–Kier alpha value is -2.84. The number of nitrogens with zero attached hydrogens (tertiary/aromatic N) is 4. The number of aromatic carboxylic acids is 1. The van der Waals surface area contributed by atoms with Gasteiger partial charge >= 0.3 is 5.97 Å². The van der Waals surface area contributed by atoms with Crippen LogP contribution >= 0.6 is 23.2 Å². The predicted octanol–water partition coefficient (Wildman–Crippen LogP) is 3.54. The molecular weight excluding hydrogens is 405 g/mol. The summed E-state index contributed by atoms with van der Waals surface area (Å²) in [7, 11) is 1.55. The Morgan fingerprint density at radius 1 is 1.18 bits per heavy atom. The zero-order valence-corrected chi connectivity index (χ0v) is 16.8. The first kappa shape index (κ1) is 19.9. The average molecular weight is 422 g/mol. The summed E-state index contributed by atoms with van der Waals surface area (Å²) in [6.07, 6.45) is 1.36. The summed E-state index contributed by atoms with van der Waals surface area (Å²) in [6, 6.07) is 5.24. The number of benzene rings is 1. The van der Waals surface area contributed by atoms with E-state index in [2.05, 4.69) is 15.5 Å². The van der Waals surface area contributed by atoms with E-state index in [0.29, 0.717) is 33.7 Å². The highest BCUT2D eigenvalue weighted by atomic mass is 35.5. The van der Waals surface area contributed by atoms with Gasteiger partial charge in [-0.25, -0.2) is 4.79 Å². The highest BCUT2D eigenvalue weighted by molar-refractivity contribution is 6.36.